The molecule has 0 aliphatic heterocycles. The van der Waals surface area contributed by atoms with Crippen LogP contribution in [0.5, 0.6) is 0 Å². The molecular weight excluding hydrogens is 228 g/mol. The van der Waals surface area contributed by atoms with Crippen LogP contribution < -0.4 is 5.32 Å². The molecule has 4 nitrogen and oxygen atoms in total. The predicted molar refractivity (Wildman–Crippen MR) is 71.3 cm³/mol. The van der Waals surface area contributed by atoms with Gasteiger partial charge in [0.05, 0.1) is 6.10 Å². The zero-order valence-electron chi connectivity index (χ0n) is 11.6. The molecule has 4 heteroatoms. The van der Waals surface area contributed by atoms with Gasteiger partial charge in [-0.15, -0.1) is 0 Å². The Morgan fingerprint density at radius 2 is 2.17 bits per heavy atom. The Morgan fingerprint density at radius 1 is 1.39 bits per heavy atom. The lowest BCUT2D eigenvalue weighted by Gasteiger charge is -2.23. The van der Waals surface area contributed by atoms with E-state index in [9.17, 15) is 9.90 Å². The molecule has 104 valence electrons. The first-order valence-electron chi connectivity index (χ1n) is 7.31. The van der Waals surface area contributed by atoms with E-state index >= 15 is 0 Å². The molecule has 0 aromatic carbocycles. The third-order valence-corrected chi connectivity index (χ3v) is 4.36. The summed E-state index contributed by atoms with van der Waals surface area (Å²) in [7, 11) is 1.83. The van der Waals surface area contributed by atoms with Crippen molar-refractivity contribution in [3.63, 3.8) is 0 Å². The van der Waals surface area contributed by atoms with Gasteiger partial charge in [-0.25, -0.2) is 4.79 Å². The second-order valence-electron chi connectivity index (χ2n) is 5.98. The number of carbonyl (C=O) groups is 1. The molecule has 0 spiro atoms. The highest BCUT2D eigenvalue weighted by atomic mass is 16.3. The molecule has 4 atom stereocenters. The van der Waals surface area contributed by atoms with Gasteiger partial charge in [-0.2, -0.15) is 0 Å². The molecule has 2 N–H and O–H groups in total. The van der Waals surface area contributed by atoms with E-state index in [1.165, 1.54) is 12.8 Å². The summed E-state index contributed by atoms with van der Waals surface area (Å²) in [5.41, 5.74) is 0. The van der Waals surface area contributed by atoms with Gasteiger partial charge < -0.3 is 15.3 Å². The number of hydrogen-bond donors (Lipinski definition) is 2. The number of hydrogen-bond acceptors (Lipinski definition) is 2. The van der Waals surface area contributed by atoms with E-state index in [1.54, 1.807) is 4.90 Å². The summed E-state index contributed by atoms with van der Waals surface area (Å²) in [5, 5.41) is 12.9. The molecule has 0 aromatic rings. The molecule has 2 aliphatic carbocycles. The third kappa shape index (κ3) is 3.37. The molecule has 2 amide bonds. The highest BCUT2D eigenvalue weighted by molar-refractivity contribution is 5.74. The lowest BCUT2D eigenvalue weighted by molar-refractivity contribution is 0.114. The van der Waals surface area contributed by atoms with Gasteiger partial charge in [-0.3, -0.25) is 0 Å². The summed E-state index contributed by atoms with van der Waals surface area (Å²) in [5.74, 6) is 0.968. The second kappa shape index (κ2) is 5.91. The van der Waals surface area contributed by atoms with Crippen LogP contribution in [0.3, 0.4) is 0 Å². The van der Waals surface area contributed by atoms with Gasteiger partial charge in [0.15, 0.2) is 0 Å². The van der Waals surface area contributed by atoms with Crippen molar-refractivity contribution >= 4 is 6.03 Å². The molecule has 0 heterocycles. The van der Waals surface area contributed by atoms with Gasteiger partial charge in [0.25, 0.3) is 0 Å². The number of nitrogens with one attached hydrogen (secondary N) is 1. The van der Waals surface area contributed by atoms with Gasteiger partial charge in [0.2, 0.25) is 0 Å². The van der Waals surface area contributed by atoms with Gasteiger partial charge in [-0.05, 0) is 31.6 Å². The number of aliphatic hydroxyl groups is 1. The molecular formula is C14H26N2O2. The molecule has 2 aliphatic rings. The summed E-state index contributed by atoms with van der Waals surface area (Å²) in [6, 6.07) is 0.422. The molecule has 4 unspecified atom stereocenters. The smallest absolute Gasteiger partial charge is 0.317 e. The van der Waals surface area contributed by atoms with E-state index in [2.05, 4.69) is 12.2 Å². The van der Waals surface area contributed by atoms with Crippen LogP contribution in [0.15, 0.2) is 0 Å². The number of carbonyl (C=O) groups excluding carboxylic acids is 1. The van der Waals surface area contributed by atoms with Crippen molar-refractivity contribution in [1.82, 2.24) is 10.2 Å². The minimum Gasteiger partial charge on any atom is -0.393 e. The minimum absolute atomic E-state index is 0.0257. The standard InChI is InChI=1S/C14H26N2O2/c1-3-5-10-8-12(10)15-14(18)16(2)9-11-6-4-7-13(11)17/h10-13,17H,3-9H2,1-2H3,(H,15,18). The molecule has 2 fully saturated rings. The molecule has 18 heavy (non-hydrogen) atoms. The van der Waals surface area contributed by atoms with Crippen LogP contribution in [0.25, 0.3) is 0 Å². The van der Waals surface area contributed by atoms with Crippen LogP contribution in [0.1, 0.15) is 45.4 Å². The van der Waals surface area contributed by atoms with E-state index < -0.39 is 0 Å². The van der Waals surface area contributed by atoms with E-state index in [0.29, 0.717) is 18.5 Å². The van der Waals surface area contributed by atoms with Crippen LogP contribution in [0.2, 0.25) is 0 Å². The number of rotatable bonds is 5. The topological polar surface area (TPSA) is 52.6 Å². The molecule has 2 rings (SSSR count). The minimum atomic E-state index is -0.214. The van der Waals surface area contributed by atoms with Crippen molar-refractivity contribution in [2.45, 2.75) is 57.6 Å². The fourth-order valence-electron chi connectivity index (χ4n) is 3.05. The van der Waals surface area contributed by atoms with Crippen molar-refractivity contribution in [1.29, 1.82) is 0 Å². The maximum atomic E-state index is 12.0. The van der Waals surface area contributed by atoms with Crippen molar-refractivity contribution in [3.05, 3.63) is 0 Å². The Morgan fingerprint density at radius 3 is 2.78 bits per heavy atom. The van der Waals surface area contributed by atoms with Crippen LogP contribution in [-0.4, -0.2) is 41.8 Å². The normalized spacial score (nSPS) is 34.4. The van der Waals surface area contributed by atoms with Crippen LogP contribution in [0, 0.1) is 11.8 Å². The maximum absolute atomic E-state index is 12.0. The van der Waals surface area contributed by atoms with Crippen LogP contribution in [0.4, 0.5) is 4.79 Å². The average Bonchev–Trinajstić information content (AvgIpc) is 2.93. The Bertz CT molecular complexity index is 296. The van der Waals surface area contributed by atoms with Crippen molar-refractivity contribution in [2.24, 2.45) is 11.8 Å². The Hall–Kier alpha value is -0.770. The lowest BCUT2D eigenvalue weighted by atomic mass is 10.1. The van der Waals surface area contributed by atoms with Gasteiger partial charge in [-0.1, -0.05) is 19.8 Å². The molecule has 0 bridgehead atoms. The van der Waals surface area contributed by atoms with Crippen LogP contribution in [-0.2, 0) is 0 Å². The first-order valence-corrected chi connectivity index (χ1v) is 7.31. The Labute approximate surface area is 110 Å². The summed E-state index contributed by atoms with van der Waals surface area (Å²) in [4.78, 5) is 13.7. The Kier molecular flexibility index (Phi) is 4.49. The zero-order chi connectivity index (χ0) is 13.1. The third-order valence-electron chi connectivity index (χ3n) is 4.36. The highest BCUT2D eigenvalue weighted by Gasteiger charge is 2.38. The van der Waals surface area contributed by atoms with E-state index in [0.717, 1.165) is 25.7 Å². The first-order chi connectivity index (χ1) is 8.61. The SMILES string of the molecule is CCCC1CC1NC(=O)N(C)CC1CCCC1O. The monoisotopic (exact) mass is 254 g/mol. The second-order valence-corrected chi connectivity index (χ2v) is 5.98. The summed E-state index contributed by atoms with van der Waals surface area (Å²) in [6.07, 6.45) is 6.36. The van der Waals surface area contributed by atoms with Crippen LogP contribution >= 0.6 is 0 Å². The van der Waals surface area contributed by atoms with Crippen molar-refractivity contribution in [3.8, 4) is 0 Å². The van der Waals surface area contributed by atoms with E-state index in [1.807, 2.05) is 7.05 Å². The summed E-state index contributed by atoms with van der Waals surface area (Å²) >= 11 is 0. The van der Waals surface area contributed by atoms with Crippen molar-refractivity contribution in [2.75, 3.05) is 13.6 Å². The molecule has 0 radical (unpaired) electrons. The lowest BCUT2D eigenvalue weighted by Crippen LogP contribution is -2.42. The van der Waals surface area contributed by atoms with Gasteiger partial charge in [0, 0.05) is 25.6 Å². The average molecular weight is 254 g/mol. The number of nitrogens with zero attached hydrogens (tertiary/aromatic N) is 1. The highest BCUT2D eigenvalue weighted by Crippen LogP contribution is 2.34. The number of aliphatic hydroxyl groups excluding tert-OH is 1. The predicted octanol–water partition coefficient (Wildman–Crippen LogP) is 1.98. The molecule has 0 saturated heterocycles. The largest absolute Gasteiger partial charge is 0.393 e. The van der Waals surface area contributed by atoms with Crippen molar-refractivity contribution < 1.29 is 9.90 Å². The van der Waals surface area contributed by atoms with E-state index in [-0.39, 0.29) is 18.1 Å². The van der Waals surface area contributed by atoms with Gasteiger partial charge in [0.1, 0.15) is 0 Å². The first kappa shape index (κ1) is 13.7. The molecule has 0 aromatic heterocycles. The summed E-state index contributed by atoms with van der Waals surface area (Å²) in [6.45, 7) is 2.86. The molecule has 2 saturated carbocycles. The number of amides is 2. The fourth-order valence-corrected chi connectivity index (χ4v) is 3.05. The maximum Gasteiger partial charge on any atom is 0.317 e. The zero-order valence-corrected chi connectivity index (χ0v) is 11.6. The number of urea groups is 1. The van der Waals surface area contributed by atoms with E-state index in [4.69, 9.17) is 0 Å². The quantitative estimate of drug-likeness (QED) is 0.788. The fraction of sp³-hybridized carbons (Fsp3) is 0.929. The van der Waals surface area contributed by atoms with Gasteiger partial charge >= 0.3 is 6.03 Å². The Balaban J connectivity index is 1.69. The summed E-state index contributed by atoms with van der Waals surface area (Å²) < 4.78 is 0.